The zero-order chi connectivity index (χ0) is 14.9. The molecule has 0 saturated carbocycles. The lowest BCUT2D eigenvalue weighted by atomic mass is 10.1. The van der Waals surface area contributed by atoms with E-state index in [0.29, 0.717) is 32.7 Å². The number of nitrogens with zero attached hydrogens (tertiary/aromatic N) is 2. The standard InChI is InChI=1S/C14H13Cl3N2O/c1-3-10-14(17)11(19(2)18-10)7-12(20)13-8(15)5-4-6-9(13)16/h4-6H,3,7H2,1-2H3. The lowest BCUT2D eigenvalue weighted by molar-refractivity contribution is 0.0991. The fraction of sp³-hybridized carbons (Fsp3) is 0.286. The summed E-state index contributed by atoms with van der Waals surface area (Å²) in [5.74, 6) is -0.173. The van der Waals surface area contributed by atoms with Crippen molar-refractivity contribution in [3.05, 3.63) is 50.2 Å². The second-order valence-electron chi connectivity index (χ2n) is 4.38. The van der Waals surface area contributed by atoms with Gasteiger partial charge in [0.15, 0.2) is 5.78 Å². The number of aryl methyl sites for hydroxylation is 2. The van der Waals surface area contributed by atoms with Crippen LogP contribution in [0.1, 0.15) is 28.7 Å². The van der Waals surface area contributed by atoms with Gasteiger partial charge in [0.1, 0.15) is 0 Å². The van der Waals surface area contributed by atoms with Gasteiger partial charge in [-0.05, 0) is 18.6 Å². The predicted molar refractivity (Wildman–Crippen MR) is 82.1 cm³/mol. The van der Waals surface area contributed by atoms with E-state index in [1.807, 2.05) is 6.92 Å². The number of hydrogen-bond donors (Lipinski definition) is 0. The lowest BCUT2D eigenvalue weighted by Crippen LogP contribution is -2.09. The van der Waals surface area contributed by atoms with Crippen LogP contribution < -0.4 is 0 Å². The Hall–Kier alpha value is -1.03. The van der Waals surface area contributed by atoms with Gasteiger partial charge in [-0.25, -0.2) is 0 Å². The van der Waals surface area contributed by atoms with E-state index in [-0.39, 0.29) is 12.2 Å². The van der Waals surface area contributed by atoms with E-state index in [1.54, 1.807) is 29.9 Å². The minimum absolute atomic E-state index is 0.117. The molecule has 0 N–H and O–H groups in total. The van der Waals surface area contributed by atoms with Crippen molar-refractivity contribution in [2.45, 2.75) is 19.8 Å². The predicted octanol–water partition coefficient (Wildman–Crippen LogP) is 4.37. The number of ketones is 1. The molecule has 1 aromatic heterocycles. The smallest absolute Gasteiger partial charge is 0.171 e. The molecular weight excluding hydrogens is 319 g/mol. The SMILES string of the molecule is CCc1nn(C)c(CC(=O)c2c(Cl)cccc2Cl)c1Cl. The third-order valence-electron chi connectivity index (χ3n) is 3.07. The highest BCUT2D eigenvalue weighted by atomic mass is 35.5. The Morgan fingerprint density at radius 2 is 1.85 bits per heavy atom. The summed E-state index contributed by atoms with van der Waals surface area (Å²) in [7, 11) is 1.77. The van der Waals surface area contributed by atoms with Crippen LogP contribution in [-0.2, 0) is 19.9 Å². The summed E-state index contributed by atoms with van der Waals surface area (Å²) in [4.78, 5) is 12.4. The third kappa shape index (κ3) is 2.85. The first-order valence-corrected chi connectivity index (χ1v) is 7.26. The molecule has 0 radical (unpaired) electrons. The van der Waals surface area contributed by atoms with Crippen LogP contribution >= 0.6 is 34.8 Å². The Labute approximate surface area is 132 Å². The van der Waals surface area contributed by atoms with Gasteiger partial charge in [-0.1, -0.05) is 47.8 Å². The molecule has 0 bridgehead atoms. The van der Waals surface area contributed by atoms with Crippen molar-refractivity contribution in [1.82, 2.24) is 9.78 Å². The molecule has 0 spiro atoms. The maximum atomic E-state index is 12.4. The molecule has 0 saturated heterocycles. The molecule has 20 heavy (non-hydrogen) atoms. The van der Waals surface area contributed by atoms with Crippen LogP contribution in [0.2, 0.25) is 15.1 Å². The second-order valence-corrected chi connectivity index (χ2v) is 5.57. The monoisotopic (exact) mass is 330 g/mol. The Bertz CT molecular complexity index is 644. The first-order valence-electron chi connectivity index (χ1n) is 6.13. The topological polar surface area (TPSA) is 34.9 Å². The molecule has 1 heterocycles. The second kappa shape index (κ2) is 6.17. The molecule has 0 aliphatic rings. The number of carbonyl (C=O) groups excluding carboxylic acids is 1. The molecule has 0 atom stereocenters. The van der Waals surface area contributed by atoms with Gasteiger partial charge >= 0.3 is 0 Å². The van der Waals surface area contributed by atoms with Gasteiger partial charge in [-0.15, -0.1) is 0 Å². The third-order valence-corrected chi connectivity index (χ3v) is 4.14. The largest absolute Gasteiger partial charge is 0.294 e. The number of hydrogen-bond acceptors (Lipinski definition) is 2. The Morgan fingerprint density at radius 1 is 1.25 bits per heavy atom. The normalized spacial score (nSPS) is 10.8. The summed E-state index contributed by atoms with van der Waals surface area (Å²) >= 11 is 18.3. The van der Waals surface area contributed by atoms with E-state index in [9.17, 15) is 4.79 Å². The minimum atomic E-state index is -0.173. The van der Waals surface area contributed by atoms with E-state index < -0.39 is 0 Å². The van der Waals surface area contributed by atoms with E-state index in [4.69, 9.17) is 34.8 Å². The summed E-state index contributed by atoms with van der Waals surface area (Å²) in [5.41, 5.74) is 1.78. The molecule has 0 aliphatic heterocycles. The first kappa shape index (κ1) is 15.4. The molecular formula is C14H13Cl3N2O. The quantitative estimate of drug-likeness (QED) is 0.780. The molecule has 1 aromatic carbocycles. The van der Waals surface area contributed by atoms with Crippen molar-refractivity contribution < 1.29 is 4.79 Å². The minimum Gasteiger partial charge on any atom is -0.294 e. The summed E-state index contributed by atoms with van der Waals surface area (Å²) in [5, 5.41) is 5.51. The zero-order valence-corrected chi connectivity index (χ0v) is 13.4. The number of rotatable bonds is 4. The number of aromatic nitrogens is 2. The van der Waals surface area contributed by atoms with Gasteiger partial charge in [0.25, 0.3) is 0 Å². The molecule has 6 heteroatoms. The highest BCUT2D eigenvalue weighted by Gasteiger charge is 2.20. The van der Waals surface area contributed by atoms with Crippen molar-refractivity contribution in [2.75, 3.05) is 0 Å². The van der Waals surface area contributed by atoms with Gasteiger partial charge < -0.3 is 0 Å². The van der Waals surface area contributed by atoms with Crippen molar-refractivity contribution in [1.29, 1.82) is 0 Å². The average molecular weight is 332 g/mol. The summed E-state index contributed by atoms with van der Waals surface area (Å²) in [6.07, 6.45) is 0.833. The highest BCUT2D eigenvalue weighted by Crippen LogP contribution is 2.28. The first-order chi connectivity index (χ1) is 9.45. The molecule has 0 fully saturated rings. The van der Waals surface area contributed by atoms with Crippen LogP contribution in [0.3, 0.4) is 0 Å². The molecule has 0 amide bonds. The van der Waals surface area contributed by atoms with Crippen LogP contribution in [-0.4, -0.2) is 15.6 Å². The summed E-state index contributed by atoms with van der Waals surface area (Å²) < 4.78 is 1.63. The highest BCUT2D eigenvalue weighted by molar-refractivity contribution is 6.40. The molecule has 0 unspecified atom stereocenters. The molecule has 2 rings (SSSR count). The van der Waals surface area contributed by atoms with Gasteiger partial charge in [-0.2, -0.15) is 5.10 Å². The van der Waals surface area contributed by atoms with Crippen molar-refractivity contribution in [3.8, 4) is 0 Å². The van der Waals surface area contributed by atoms with Gasteiger partial charge in [0.05, 0.1) is 38.4 Å². The summed E-state index contributed by atoms with van der Waals surface area (Å²) in [6.45, 7) is 1.96. The average Bonchev–Trinajstić information content (AvgIpc) is 2.66. The van der Waals surface area contributed by atoms with Crippen molar-refractivity contribution in [2.24, 2.45) is 7.05 Å². The molecule has 0 aliphatic carbocycles. The maximum Gasteiger partial charge on any atom is 0.171 e. The van der Waals surface area contributed by atoms with E-state index in [0.717, 1.165) is 5.69 Å². The number of Topliss-reactive ketones (excluding diaryl/α,β-unsaturated/α-hetero) is 1. The van der Waals surface area contributed by atoms with Gasteiger partial charge in [-0.3, -0.25) is 9.48 Å². The summed E-state index contributed by atoms with van der Waals surface area (Å²) in [6, 6.07) is 4.99. The zero-order valence-electron chi connectivity index (χ0n) is 11.1. The number of carbonyl (C=O) groups is 1. The Morgan fingerprint density at radius 3 is 2.35 bits per heavy atom. The van der Waals surface area contributed by atoms with Crippen LogP contribution in [0.5, 0.6) is 0 Å². The van der Waals surface area contributed by atoms with Crippen molar-refractivity contribution in [3.63, 3.8) is 0 Å². The van der Waals surface area contributed by atoms with Gasteiger partial charge in [0, 0.05) is 7.05 Å². The fourth-order valence-corrected chi connectivity index (χ4v) is 2.99. The van der Waals surface area contributed by atoms with E-state index >= 15 is 0 Å². The molecule has 2 aromatic rings. The Balaban J connectivity index is 2.36. The number of halogens is 3. The van der Waals surface area contributed by atoms with Gasteiger partial charge in [0.2, 0.25) is 0 Å². The van der Waals surface area contributed by atoms with Crippen LogP contribution in [0.4, 0.5) is 0 Å². The van der Waals surface area contributed by atoms with E-state index in [2.05, 4.69) is 5.10 Å². The lowest BCUT2D eigenvalue weighted by Gasteiger charge is -2.06. The van der Waals surface area contributed by atoms with Crippen LogP contribution in [0.15, 0.2) is 18.2 Å². The molecule has 106 valence electrons. The molecule has 3 nitrogen and oxygen atoms in total. The van der Waals surface area contributed by atoms with Crippen LogP contribution in [0.25, 0.3) is 0 Å². The Kier molecular flexibility index (Phi) is 4.74. The van der Waals surface area contributed by atoms with Crippen LogP contribution in [0, 0.1) is 0 Å². The van der Waals surface area contributed by atoms with Crippen molar-refractivity contribution >= 4 is 40.6 Å². The maximum absolute atomic E-state index is 12.4. The number of benzene rings is 1. The fourth-order valence-electron chi connectivity index (χ4n) is 2.02. The van der Waals surface area contributed by atoms with E-state index in [1.165, 1.54) is 0 Å².